The molecular weight excluding hydrogens is 378 g/mol. The van der Waals surface area contributed by atoms with Crippen LogP contribution in [0.3, 0.4) is 0 Å². The number of hydrogen-bond donors (Lipinski definition) is 1. The molecule has 4 aromatic rings. The van der Waals surface area contributed by atoms with Gasteiger partial charge in [0.15, 0.2) is 0 Å². The molecule has 0 atom stereocenters. The second kappa shape index (κ2) is 7.13. The normalized spacial score (nSPS) is 12.6. The van der Waals surface area contributed by atoms with Crippen LogP contribution in [0.5, 0.6) is 11.5 Å². The summed E-state index contributed by atoms with van der Waals surface area (Å²) < 4.78 is 15.7. The molecule has 0 saturated heterocycles. The minimum Gasteiger partial charge on any atom is -0.497 e. The molecule has 0 saturated carbocycles. The molecule has 0 unspecified atom stereocenters. The predicted octanol–water partition coefficient (Wildman–Crippen LogP) is 3.70. The van der Waals surface area contributed by atoms with Crippen LogP contribution in [0.1, 0.15) is 23.9 Å². The zero-order valence-corrected chi connectivity index (χ0v) is 17.5. The topological polar surface area (TPSA) is 57.4 Å². The summed E-state index contributed by atoms with van der Waals surface area (Å²) in [5.41, 5.74) is 6.28. The van der Waals surface area contributed by atoms with Crippen molar-refractivity contribution in [2.45, 2.75) is 26.4 Å². The molecule has 0 bridgehead atoms. The van der Waals surface area contributed by atoms with Gasteiger partial charge in [-0.15, -0.1) is 0 Å². The second-order valence-corrected chi connectivity index (χ2v) is 7.77. The average Bonchev–Trinajstić information content (AvgIpc) is 3.26. The summed E-state index contributed by atoms with van der Waals surface area (Å²) in [7, 11) is 3.39. The lowest BCUT2D eigenvalue weighted by Gasteiger charge is -2.22. The minimum absolute atomic E-state index is 0.00222. The van der Waals surface area contributed by atoms with Crippen molar-refractivity contribution in [1.82, 2.24) is 14.5 Å². The molecule has 1 aliphatic heterocycles. The van der Waals surface area contributed by atoms with E-state index in [0.29, 0.717) is 6.54 Å². The summed E-state index contributed by atoms with van der Waals surface area (Å²) in [5.74, 6) is 1.72. The Morgan fingerprint density at radius 3 is 2.43 bits per heavy atom. The Bertz CT molecular complexity index is 1280. The first-order valence-corrected chi connectivity index (χ1v) is 10.2. The van der Waals surface area contributed by atoms with Crippen LogP contribution in [-0.2, 0) is 24.3 Å². The third-order valence-corrected chi connectivity index (χ3v) is 6.07. The van der Waals surface area contributed by atoms with Crippen molar-refractivity contribution >= 4 is 27.7 Å². The van der Waals surface area contributed by atoms with Crippen LogP contribution in [-0.4, -0.2) is 35.8 Å². The van der Waals surface area contributed by atoms with Gasteiger partial charge in [-0.1, -0.05) is 0 Å². The molecule has 5 rings (SSSR count). The van der Waals surface area contributed by atoms with Gasteiger partial charge < -0.3 is 23.9 Å². The van der Waals surface area contributed by atoms with Gasteiger partial charge in [-0.3, -0.25) is 4.79 Å². The van der Waals surface area contributed by atoms with Gasteiger partial charge in [0, 0.05) is 46.7 Å². The fourth-order valence-electron chi connectivity index (χ4n) is 4.65. The molecule has 30 heavy (non-hydrogen) atoms. The molecule has 1 amide bonds. The number of hydrogen-bond acceptors (Lipinski definition) is 3. The monoisotopic (exact) mass is 403 g/mol. The fraction of sp³-hybridized carbons (Fsp3) is 0.292. The van der Waals surface area contributed by atoms with Gasteiger partial charge in [0.25, 0.3) is 0 Å². The predicted molar refractivity (Wildman–Crippen MR) is 118 cm³/mol. The first kappa shape index (κ1) is 18.6. The van der Waals surface area contributed by atoms with Crippen molar-refractivity contribution in [2.75, 3.05) is 20.8 Å². The van der Waals surface area contributed by atoms with Crippen LogP contribution >= 0.6 is 0 Å². The lowest BCUT2D eigenvalue weighted by atomic mass is 10.1. The van der Waals surface area contributed by atoms with Crippen LogP contribution in [0.2, 0.25) is 0 Å². The zero-order chi connectivity index (χ0) is 20.8. The number of fused-ring (bicyclic) bond motifs is 6. The maximum Gasteiger partial charge on any atom is 0.216 e. The highest BCUT2D eigenvalue weighted by atomic mass is 16.5. The largest absolute Gasteiger partial charge is 0.497 e. The van der Waals surface area contributed by atoms with Crippen molar-refractivity contribution < 1.29 is 14.3 Å². The van der Waals surface area contributed by atoms with E-state index in [1.165, 1.54) is 38.8 Å². The number of benzene rings is 2. The van der Waals surface area contributed by atoms with Gasteiger partial charge >= 0.3 is 0 Å². The minimum atomic E-state index is -0.00222. The molecule has 0 aliphatic carbocycles. The number of aromatic nitrogens is 2. The van der Waals surface area contributed by atoms with E-state index in [4.69, 9.17) is 9.47 Å². The average molecular weight is 403 g/mol. The molecule has 0 fully saturated rings. The van der Waals surface area contributed by atoms with Crippen molar-refractivity contribution in [3.63, 3.8) is 0 Å². The molecule has 0 radical (unpaired) electrons. The van der Waals surface area contributed by atoms with E-state index in [-0.39, 0.29) is 5.91 Å². The van der Waals surface area contributed by atoms with Crippen LogP contribution in [0.15, 0.2) is 42.5 Å². The highest BCUT2D eigenvalue weighted by Gasteiger charge is 2.24. The van der Waals surface area contributed by atoms with E-state index < -0.39 is 0 Å². The van der Waals surface area contributed by atoms with Crippen molar-refractivity contribution in [3.05, 3.63) is 59.4 Å². The van der Waals surface area contributed by atoms with E-state index in [9.17, 15) is 4.79 Å². The number of carbonyl (C=O) groups is 1. The van der Waals surface area contributed by atoms with Gasteiger partial charge in [0.05, 0.1) is 27.3 Å². The van der Waals surface area contributed by atoms with Gasteiger partial charge in [0.1, 0.15) is 11.5 Å². The van der Waals surface area contributed by atoms with Crippen molar-refractivity contribution in [2.24, 2.45) is 0 Å². The van der Waals surface area contributed by atoms with Crippen LogP contribution in [0.25, 0.3) is 21.8 Å². The lowest BCUT2D eigenvalue weighted by Crippen LogP contribution is -2.24. The molecule has 0 spiro atoms. The number of methoxy groups -OCH3 is 2. The fourth-order valence-corrected chi connectivity index (χ4v) is 4.65. The van der Waals surface area contributed by atoms with Gasteiger partial charge in [-0.25, -0.2) is 0 Å². The molecule has 3 heterocycles. The molecule has 1 aliphatic rings. The third-order valence-electron chi connectivity index (χ3n) is 6.07. The van der Waals surface area contributed by atoms with E-state index >= 15 is 0 Å². The Labute approximate surface area is 175 Å². The number of nitrogens with zero attached hydrogens (tertiary/aromatic N) is 2. The number of rotatable bonds is 5. The van der Waals surface area contributed by atoms with E-state index in [1.54, 1.807) is 21.1 Å². The third kappa shape index (κ3) is 2.91. The molecule has 2 aromatic heterocycles. The first-order chi connectivity index (χ1) is 14.6. The van der Waals surface area contributed by atoms with Gasteiger partial charge in [-0.2, -0.15) is 0 Å². The Morgan fingerprint density at radius 2 is 1.70 bits per heavy atom. The van der Waals surface area contributed by atoms with Crippen LogP contribution < -0.4 is 14.8 Å². The highest BCUT2D eigenvalue weighted by Crippen LogP contribution is 2.36. The Morgan fingerprint density at radius 1 is 0.967 bits per heavy atom. The SMILES string of the molecule is COc1ccc2c(c1)cc1n2Cc2c(CCNC(C)=O)c3cc(OC)ccc3n2C1. The standard InChI is InChI=1S/C24H25N3O3/c1-15(28)25-9-8-20-21-12-19(30-3)5-7-23(21)27-13-17-10-16-11-18(29-2)4-6-22(16)26(17)14-24(20)27/h4-7,10-12H,8-9,13-14H2,1-3H3,(H,25,28). The number of nitrogens with one attached hydrogen (secondary N) is 1. The maximum absolute atomic E-state index is 11.4. The quantitative estimate of drug-likeness (QED) is 0.487. The second-order valence-electron chi connectivity index (χ2n) is 7.77. The Balaban J connectivity index is 1.63. The van der Waals surface area contributed by atoms with Crippen LogP contribution in [0.4, 0.5) is 0 Å². The van der Waals surface area contributed by atoms with E-state index in [2.05, 4.69) is 44.8 Å². The molecule has 6 nitrogen and oxygen atoms in total. The number of ether oxygens (including phenoxy) is 2. The van der Waals surface area contributed by atoms with Crippen molar-refractivity contribution in [3.8, 4) is 11.5 Å². The van der Waals surface area contributed by atoms with Gasteiger partial charge in [0.2, 0.25) is 5.91 Å². The number of amides is 1. The first-order valence-electron chi connectivity index (χ1n) is 10.2. The summed E-state index contributed by atoms with van der Waals surface area (Å²) in [4.78, 5) is 11.4. The summed E-state index contributed by atoms with van der Waals surface area (Å²) in [5, 5.41) is 5.34. The highest BCUT2D eigenvalue weighted by molar-refractivity contribution is 5.88. The zero-order valence-electron chi connectivity index (χ0n) is 17.5. The van der Waals surface area contributed by atoms with Crippen LogP contribution in [0, 0.1) is 0 Å². The Hall–Kier alpha value is -3.41. The van der Waals surface area contributed by atoms with Crippen molar-refractivity contribution in [1.29, 1.82) is 0 Å². The number of carbonyl (C=O) groups excluding carboxylic acids is 1. The molecule has 2 aromatic carbocycles. The smallest absolute Gasteiger partial charge is 0.216 e. The summed E-state index contributed by atoms with van der Waals surface area (Å²) in [6.45, 7) is 3.80. The molecular formula is C24H25N3O3. The Kier molecular flexibility index (Phi) is 4.42. The lowest BCUT2D eigenvalue weighted by molar-refractivity contribution is -0.118. The summed E-state index contributed by atoms with van der Waals surface area (Å²) in [6.07, 6.45) is 0.786. The summed E-state index contributed by atoms with van der Waals surface area (Å²) in [6, 6.07) is 14.8. The van der Waals surface area contributed by atoms with E-state index in [1.807, 2.05) is 12.1 Å². The van der Waals surface area contributed by atoms with E-state index in [0.717, 1.165) is 31.0 Å². The molecule has 1 N–H and O–H groups in total. The molecule has 6 heteroatoms. The molecule has 154 valence electrons. The van der Waals surface area contributed by atoms with Gasteiger partial charge in [-0.05, 0) is 54.4 Å². The maximum atomic E-state index is 11.4. The summed E-state index contributed by atoms with van der Waals surface area (Å²) >= 11 is 0.